The molecule has 1 aromatic heterocycles. The smallest absolute Gasteiger partial charge is 0.176 e. The first kappa shape index (κ1) is 12.9. The van der Waals surface area contributed by atoms with Gasteiger partial charge in [-0.05, 0) is 53.7 Å². The van der Waals surface area contributed by atoms with Gasteiger partial charge in [-0.25, -0.2) is 4.39 Å². The highest BCUT2D eigenvalue weighted by atomic mass is 32.1. The van der Waals surface area contributed by atoms with Gasteiger partial charge in [0.2, 0.25) is 0 Å². The summed E-state index contributed by atoms with van der Waals surface area (Å²) in [6.45, 7) is 1.08. The van der Waals surface area contributed by atoms with E-state index in [4.69, 9.17) is 0 Å². The number of carbonyl (C=O) groups excluding carboxylic acids is 1. The third kappa shape index (κ3) is 3.48. The number of nitrogens with zero attached hydrogens (tertiary/aromatic N) is 1. The van der Waals surface area contributed by atoms with Crippen LogP contribution in [0.25, 0.3) is 0 Å². The molecule has 0 bridgehead atoms. The lowest BCUT2D eigenvalue weighted by atomic mass is 10.1. The summed E-state index contributed by atoms with van der Waals surface area (Å²) in [6, 6.07) is 7.72. The molecule has 0 spiro atoms. The molecule has 0 aliphatic carbocycles. The summed E-state index contributed by atoms with van der Waals surface area (Å²) in [4.78, 5) is 13.9. The maximum Gasteiger partial charge on any atom is 0.176 e. The molecule has 0 aliphatic rings. The van der Waals surface area contributed by atoms with E-state index in [0.717, 1.165) is 6.54 Å². The second-order valence-corrected chi connectivity index (χ2v) is 5.01. The van der Waals surface area contributed by atoms with Gasteiger partial charge in [-0.2, -0.15) is 11.3 Å². The summed E-state index contributed by atoms with van der Waals surface area (Å²) in [7, 11) is 1.90. The molecule has 0 atom stereocenters. The number of hydrogen-bond donors (Lipinski definition) is 0. The lowest BCUT2D eigenvalue weighted by Crippen LogP contribution is -2.25. The van der Waals surface area contributed by atoms with Crippen LogP contribution in [0, 0.1) is 5.82 Å². The van der Waals surface area contributed by atoms with Crippen LogP contribution in [-0.4, -0.2) is 24.3 Å². The molecule has 94 valence electrons. The van der Waals surface area contributed by atoms with Crippen LogP contribution in [0.5, 0.6) is 0 Å². The van der Waals surface area contributed by atoms with Crippen LogP contribution in [-0.2, 0) is 6.54 Å². The molecule has 2 nitrogen and oxygen atoms in total. The van der Waals surface area contributed by atoms with Gasteiger partial charge in [-0.3, -0.25) is 9.69 Å². The maximum absolute atomic E-state index is 12.7. The molecule has 0 aliphatic heterocycles. The van der Waals surface area contributed by atoms with Crippen LogP contribution < -0.4 is 0 Å². The standard InChI is InChI=1S/C14H14FNOS/c1-16(8-11-6-7-18-10-11)9-14(17)12-2-4-13(15)5-3-12/h2-7,10H,8-9H2,1H3. The number of likely N-dealkylation sites (N-methyl/N-ethyl adjacent to an activating group) is 1. The highest BCUT2D eigenvalue weighted by Gasteiger charge is 2.09. The number of rotatable bonds is 5. The van der Waals surface area contributed by atoms with Crippen molar-refractivity contribution in [3.05, 3.63) is 58.0 Å². The lowest BCUT2D eigenvalue weighted by Gasteiger charge is -2.14. The fourth-order valence-electron chi connectivity index (χ4n) is 1.72. The first-order chi connectivity index (χ1) is 8.65. The normalized spacial score (nSPS) is 10.8. The van der Waals surface area contributed by atoms with Gasteiger partial charge in [0, 0.05) is 12.1 Å². The molecule has 18 heavy (non-hydrogen) atoms. The Bertz CT molecular complexity index is 507. The van der Waals surface area contributed by atoms with Gasteiger partial charge in [-0.15, -0.1) is 0 Å². The number of carbonyl (C=O) groups is 1. The fourth-order valence-corrected chi connectivity index (χ4v) is 2.38. The van der Waals surface area contributed by atoms with Crippen molar-refractivity contribution in [2.24, 2.45) is 0 Å². The van der Waals surface area contributed by atoms with Crippen LogP contribution >= 0.6 is 11.3 Å². The zero-order valence-electron chi connectivity index (χ0n) is 10.1. The van der Waals surface area contributed by atoms with E-state index in [0.29, 0.717) is 12.1 Å². The van der Waals surface area contributed by atoms with Crippen molar-refractivity contribution in [3.8, 4) is 0 Å². The minimum atomic E-state index is -0.321. The third-order valence-electron chi connectivity index (χ3n) is 2.61. The Hall–Kier alpha value is -1.52. The molecule has 0 unspecified atom stereocenters. The first-order valence-corrected chi connectivity index (χ1v) is 6.58. The minimum Gasteiger partial charge on any atom is -0.295 e. The first-order valence-electron chi connectivity index (χ1n) is 5.63. The molecular weight excluding hydrogens is 249 g/mol. The van der Waals surface area contributed by atoms with E-state index in [-0.39, 0.29) is 11.6 Å². The number of ketones is 1. The maximum atomic E-state index is 12.7. The van der Waals surface area contributed by atoms with Crippen LogP contribution in [0.15, 0.2) is 41.1 Å². The monoisotopic (exact) mass is 263 g/mol. The van der Waals surface area contributed by atoms with Crippen molar-refractivity contribution in [1.29, 1.82) is 0 Å². The molecule has 0 radical (unpaired) electrons. The van der Waals surface area contributed by atoms with E-state index in [1.54, 1.807) is 11.3 Å². The molecule has 1 aromatic carbocycles. The topological polar surface area (TPSA) is 20.3 Å². The van der Waals surface area contributed by atoms with E-state index in [9.17, 15) is 9.18 Å². The molecule has 2 aromatic rings. The highest BCUT2D eigenvalue weighted by Crippen LogP contribution is 2.09. The Kier molecular flexibility index (Phi) is 4.23. The summed E-state index contributed by atoms with van der Waals surface area (Å²) in [5.74, 6) is -0.314. The van der Waals surface area contributed by atoms with Gasteiger partial charge in [0.1, 0.15) is 5.82 Å². The number of benzene rings is 1. The van der Waals surface area contributed by atoms with Gasteiger partial charge in [0.05, 0.1) is 6.54 Å². The van der Waals surface area contributed by atoms with Crippen molar-refractivity contribution >= 4 is 17.1 Å². The summed E-state index contributed by atoms with van der Waals surface area (Å²) in [6.07, 6.45) is 0. The van der Waals surface area contributed by atoms with Crippen molar-refractivity contribution in [2.45, 2.75) is 6.54 Å². The van der Waals surface area contributed by atoms with Gasteiger partial charge < -0.3 is 0 Å². The Morgan fingerprint density at radius 3 is 2.61 bits per heavy atom. The van der Waals surface area contributed by atoms with E-state index >= 15 is 0 Å². The van der Waals surface area contributed by atoms with Gasteiger partial charge in [0.25, 0.3) is 0 Å². The van der Waals surface area contributed by atoms with Crippen molar-refractivity contribution in [3.63, 3.8) is 0 Å². The highest BCUT2D eigenvalue weighted by molar-refractivity contribution is 7.07. The SMILES string of the molecule is CN(CC(=O)c1ccc(F)cc1)Cc1ccsc1. The number of thiophene rings is 1. The minimum absolute atomic E-state index is 0.00716. The summed E-state index contributed by atoms with van der Waals surface area (Å²) >= 11 is 1.65. The van der Waals surface area contributed by atoms with Crippen LogP contribution in [0.2, 0.25) is 0 Å². The second-order valence-electron chi connectivity index (χ2n) is 4.23. The van der Waals surface area contributed by atoms with E-state index in [1.807, 2.05) is 23.4 Å². The zero-order valence-corrected chi connectivity index (χ0v) is 10.9. The quantitative estimate of drug-likeness (QED) is 0.772. The van der Waals surface area contributed by atoms with Crippen molar-refractivity contribution in [2.75, 3.05) is 13.6 Å². The molecule has 2 rings (SSSR count). The molecule has 0 N–H and O–H groups in total. The predicted molar refractivity (Wildman–Crippen MR) is 71.4 cm³/mol. The Labute approximate surface area is 110 Å². The molecule has 0 fully saturated rings. The molecule has 1 heterocycles. The number of hydrogen-bond acceptors (Lipinski definition) is 3. The van der Waals surface area contributed by atoms with Gasteiger partial charge >= 0.3 is 0 Å². The van der Waals surface area contributed by atoms with E-state index < -0.39 is 0 Å². The molecule has 4 heteroatoms. The molecule has 0 saturated heterocycles. The summed E-state index contributed by atoms with van der Waals surface area (Å²) in [5.41, 5.74) is 1.75. The second kappa shape index (κ2) is 5.89. The zero-order chi connectivity index (χ0) is 13.0. The van der Waals surface area contributed by atoms with Crippen LogP contribution in [0.4, 0.5) is 4.39 Å². The van der Waals surface area contributed by atoms with Crippen molar-refractivity contribution < 1.29 is 9.18 Å². The fraction of sp³-hybridized carbons (Fsp3) is 0.214. The summed E-state index contributed by atoms with van der Waals surface area (Å²) < 4.78 is 12.7. The molecule has 0 amide bonds. The van der Waals surface area contributed by atoms with E-state index in [1.165, 1.54) is 29.8 Å². The van der Waals surface area contributed by atoms with Crippen LogP contribution in [0.1, 0.15) is 15.9 Å². The number of halogens is 1. The molecular formula is C14H14FNOS. The predicted octanol–water partition coefficient (Wildman–Crippen LogP) is 3.20. The Morgan fingerprint density at radius 1 is 1.28 bits per heavy atom. The average molecular weight is 263 g/mol. The molecule has 0 saturated carbocycles. The van der Waals surface area contributed by atoms with Gasteiger partial charge in [-0.1, -0.05) is 0 Å². The average Bonchev–Trinajstić information content (AvgIpc) is 2.82. The number of Topliss-reactive ketones (excluding diaryl/α,β-unsaturated/α-hetero) is 1. The van der Waals surface area contributed by atoms with Crippen LogP contribution in [0.3, 0.4) is 0 Å². The largest absolute Gasteiger partial charge is 0.295 e. The Morgan fingerprint density at radius 2 is 2.00 bits per heavy atom. The van der Waals surface area contributed by atoms with E-state index in [2.05, 4.69) is 5.38 Å². The Balaban J connectivity index is 1.92. The third-order valence-corrected chi connectivity index (χ3v) is 3.34. The van der Waals surface area contributed by atoms with Crippen molar-refractivity contribution in [1.82, 2.24) is 4.90 Å². The summed E-state index contributed by atoms with van der Waals surface area (Å²) in [5, 5.41) is 4.09. The van der Waals surface area contributed by atoms with Gasteiger partial charge in [0.15, 0.2) is 5.78 Å². The lowest BCUT2D eigenvalue weighted by molar-refractivity contribution is 0.0943.